The van der Waals surface area contributed by atoms with Gasteiger partial charge >= 0.3 is 5.97 Å². The highest BCUT2D eigenvalue weighted by Crippen LogP contribution is 2.09. The molecule has 0 amide bonds. The molecule has 0 spiro atoms. The number of rotatable bonds is 5. The average Bonchev–Trinajstić information content (AvgIpc) is 2.83. The van der Waals surface area contributed by atoms with E-state index in [-0.39, 0.29) is 5.97 Å². The van der Waals surface area contributed by atoms with Gasteiger partial charge in [0.25, 0.3) is 0 Å². The summed E-state index contributed by atoms with van der Waals surface area (Å²) in [6.07, 6.45) is 4.58. The summed E-state index contributed by atoms with van der Waals surface area (Å²) in [5.41, 5.74) is 1.13. The van der Waals surface area contributed by atoms with Crippen LogP contribution in [0.25, 0.3) is 0 Å². The number of aromatic nitrogens is 1. The van der Waals surface area contributed by atoms with Gasteiger partial charge < -0.3 is 4.74 Å². The summed E-state index contributed by atoms with van der Waals surface area (Å²) >= 11 is 1.57. The Bertz CT molecular complexity index is 454. The van der Waals surface area contributed by atoms with Crippen LogP contribution in [0.5, 0.6) is 0 Å². The van der Waals surface area contributed by atoms with Crippen molar-refractivity contribution < 1.29 is 9.53 Å². The molecule has 2 rings (SSSR count). The maximum atomic E-state index is 11.5. The van der Waals surface area contributed by atoms with Crippen molar-refractivity contribution in [3.63, 3.8) is 0 Å². The average molecular weight is 247 g/mol. The van der Waals surface area contributed by atoms with Crippen LogP contribution in [0.2, 0.25) is 0 Å². The van der Waals surface area contributed by atoms with E-state index in [4.69, 9.17) is 4.74 Å². The molecule has 17 heavy (non-hydrogen) atoms. The second-order valence-corrected chi connectivity index (χ2v) is 4.61. The molecule has 0 unspecified atom stereocenters. The third-order valence-electron chi connectivity index (χ3n) is 2.30. The van der Waals surface area contributed by atoms with E-state index in [9.17, 15) is 4.79 Å². The Kier molecular flexibility index (Phi) is 4.27. The fourth-order valence-corrected chi connectivity index (χ4v) is 2.13. The van der Waals surface area contributed by atoms with Crippen molar-refractivity contribution in [1.82, 2.24) is 4.98 Å². The van der Waals surface area contributed by atoms with Gasteiger partial charge in [-0.1, -0.05) is 6.07 Å². The second-order valence-electron chi connectivity index (χ2n) is 3.58. The lowest BCUT2D eigenvalue weighted by Crippen LogP contribution is -2.09. The third kappa shape index (κ3) is 4.00. The first-order valence-electron chi connectivity index (χ1n) is 5.41. The zero-order chi connectivity index (χ0) is 11.9. The molecule has 0 atom stereocenters. The van der Waals surface area contributed by atoms with Gasteiger partial charge in [0.05, 0.1) is 13.0 Å². The minimum absolute atomic E-state index is 0.165. The van der Waals surface area contributed by atoms with Gasteiger partial charge in [-0.2, -0.15) is 0 Å². The van der Waals surface area contributed by atoms with Crippen molar-refractivity contribution in [1.29, 1.82) is 0 Å². The van der Waals surface area contributed by atoms with Gasteiger partial charge in [-0.3, -0.25) is 9.78 Å². The fraction of sp³-hybridized carbons (Fsp3) is 0.231. The first-order chi connectivity index (χ1) is 8.34. The smallest absolute Gasteiger partial charge is 0.311 e. The predicted molar refractivity (Wildman–Crippen MR) is 66.9 cm³/mol. The monoisotopic (exact) mass is 247 g/mol. The summed E-state index contributed by atoms with van der Waals surface area (Å²) < 4.78 is 5.17. The van der Waals surface area contributed by atoms with Crippen LogP contribution in [0.1, 0.15) is 10.4 Å². The highest BCUT2D eigenvalue weighted by atomic mass is 32.1. The molecule has 0 radical (unpaired) electrons. The SMILES string of the molecule is O=C(Cc1cccs1)OCCc1ccncc1. The number of pyridine rings is 1. The summed E-state index contributed by atoms with van der Waals surface area (Å²) in [5.74, 6) is -0.165. The molecule has 88 valence electrons. The van der Waals surface area contributed by atoms with Crippen molar-refractivity contribution >= 4 is 17.3 Å². The van der Waals surface area contributed by atoms with E-state index in [0.717, 1.165) is 16.9 Å². The molecule has 0 aromatic carbocycles. The number of ether oxygens (including phenoxy) is 1. The maximum absolute atomic E-state index is 11.5. The lowest BCUT2D eigenvalue weighted by molar-refractivity contribution is -0.142. The first-order valence-corrected chi connectivity index (χ1v) is 6.29. The van der Waals surface area contributed by atoms with Crippen LogP contribution in [0.3, 0.4) is 0 Å². The van der Waals surface area contributed by atoms with Crippen LogP contribution in [-0.2, 0) is 22.4 Å². The third-order valence-corrected chi connectivity index (χ3v) is 3.18. The van der Waals surface area contributed by atoms with Crippen LogP contribution >= 0.6 is 11.3 Å². The summed E-state index contributed by atoms with van der Waals surface area (Å²) in [6.45, 7) is 0.425. The quantitative estimate of drug-likeness (QED) is 0.762. The summed E-state index contributed by atoms with van der Waals surface area (Å²) in [5, 5.41) is 1.96. The van der Waals surface area contributed by atoms with Crippen molar-refractivity contribution in [3.05, 3.63) is 52.5 Å². The number of nitrogens with zero attached hydrogens (tertiary/aromatic N) is 1. The summed E-state index contributed by atoms with van der Waals surface area (Å²) in [7, 11) is 0. The Morgan fingerprint density at radius 3 is 2.82 bits per heavy atom. The molecule has 0 N–H and O–H groups in total. The zero-order valence-electron chi connectivity index (χ0n) is 9.33. The van der Waals surface area contributed by atoms with Gasteiger partial charge in [-0.25, -0.2) is 0 Å². The second kappa shape index (κ2) is 6.15. The van der Waals surface area contributed by atoms with Gasteiger partial charge in [0, 0.05) is 23.7 Å². The van der Waals surface area contributed by atoms with Crippen LogP contribution in [0, 0.1) is 0 Å². The molecule has 4 heteroatoms. The lowest BCUT2D eigenvalue weighted by Gasteiger charge is -2.03. The molecule has 0 aliphatic carbocycles. The molecular weight excluding hydrogens is 234 g/mol. The van der Waals surface area contributed by atoms with Crippen molar-refractivity contribution in [2.24, 2.45) is 0 Å². The van der Waals surface area contributed by atoms with Crippen molar-refractivity contribution in [2.45, 2.75) is 12.8 Å². The Morgan fingerprint density at radius 2 is 2.12 bits per heavy atom. The minimum atomic E-state index is -0.165. The summed E-state index contributed by atoms with van der Waals surface area (Å²) in [4.78, 5) is 16.4. The number of hydrogen-bond acceptors (Lipinski definition) is 4. The molecule has 2 aromatic heterocycles. The van der Waals surface area contributed by atoms with Gasteiger partial charge in [-0.15, -0.1) is 11.3 Å². The van der Waals surface area contributed by atoms with Crippen LogP contribution in [0.15, 0.2) is 42.0 Å². The molecule has 0 fully saturated rings. The van der Waals surface area contributed by atoms with E-state index < -0.39 is 0 Å². The van der Waals surface area contributed by atoms with E-state index in [1.165, 1.54) is 0 Å². The Balaban J connectivity index is 1.70. The van der Waals surface area contributed by atoms with E-state index in [2.05, 4.69) is 4.98 Å². The normalized spacial score (nSPS) is 10.1. The van der Waals surface area contributed by atoms with Gasteiger partial charge in [0.15, 0.2) is 0 Å². The van der Waals surface area contributed by atoms with Gasteiger partial charge in [-0.05, 0) is 29.1 Å². The highest BCUT2D eigenvalue weighted by molar-refractivity contribution is 7.10. The lowest BCUT2D eigenvalue weighted by atomic mass is 10.2. The molecule has 0 aliphatic heterocycles. The largest absolute Gasteiger partial charge is 0.465 e. The van der Waals surface area contributed by atoms with Crippen LogP contribution in [-0.4, -0.2) is 17.6 Å². The van der Waals surface area contributed by atoms with Crippen LogP contribution < -0.4 is 0 Å². The van der Waals surface area contributed by atoms with E-state index in [1.54, 1.807) is 23.7 Å². The van der Waals surface area contributed by atoms with Gasteiger partial charge in [0.2, 0.25) is 0 Å². The molecule has 0 saturated heterocycles. The fourth-order valence-electron chi connectivity index (χ4n) is 1.44. The number of esters is 1. The van der Waals surface area contributed by atoms with E-state index >= 15 is 0 Å². The maximum Gasteiger partial charge on any atom is 0.311 e. The standard InChI is InChI=1S/C13H13NO2S/c15-13(10-12-2-1-9-17-12)16-8-5-11-3-6-14-7-4-11/h1-4,6-7,9H,5,8,10H2. The van der Waals surface area contributed by atoms with E-state index in [0.29, 0.717) is 13.0 Å². The molecular formula is C13H13NO2S. The number of thiophene rings is 1. The predicted octanol–water partition coefficient (Wildman–Crippen LogP) is 2.47. The van der Waals surface area contributed by atoms with E-state index in [1.807, 2.05) is 29.6 Å². The zero-order valence-corrected chi connectivity index (χ0v) is 10.2. The molecule has 2 aromatic rings. The Hall–Kier alpha value is -1.68. The molecule has 3 nitrogen and oxygen atoms in total. The number of carbonyl (C=O) groups is 1. The highest BCUT2D eigenvalue weighted by Gasteiger charge is 2.05. The number of carbonyl (C=O) groups excluding carboxylic acids is 1. The van der Waals surface area contributed by atoms with Gasteiger partial charge in [0.1, 0.15) is 0 Å². The minimum Gasteiger partial charge on any atom is -0.465 e. The topological polar surface area (TPSA) is 39.2 Å². The molecule has 0 aliphatic rings. The number of hydrogen-bond donors (Lipinski definition) is 0. The van der Waals surface area contributed by atoms with Crippen LogP contribution in [0.4, 0.5) is 0 Å². The Labute approximate surface area is 104 Å². The molecule has 0 saturated carbocycles. The van der Waals surface area contributed by atoms with Crippen molar-refractivity contribution in [3.8, 4) is 0 Å². The Morgan fingerprint density at radius 1 is 1.29 bits per heavy atom. The molecule has 2 heterocycles. The molecule has 0 bridgehead atoms. The van der Waals surface area contributed by atoms with Crippen molar-refractivity contribution in [2.75, 3.05) is 6.61 Å². The first kappa shape index (κ1) is 11.8. The summed E-state index contributed by atoms with van der Waals surface area (Å²) in [6, 6.07) is 7.72.